The van der Waals surface area contributed by atoms with E-state index in [1.807, 2.05) is 13.8 Å². The number of hydrogen-bond acceptors (Lipinski definition) is 5. The molecule has 1 saturated carbocycles. The van der Waals surface area contributed by atoms with Crippen molar-refractivity contribution in [3.63, 3.8) is 0 Å². The molecule has 6 nitrogen and oxygen atoms in total. The fourth-order valence-corrected chi connectivity index (χ4v) is 5.27. The summed E-state index contributed by atoms with van der Waals surface area (Å²) in [4.78, 5) is 39.4. The van der Waals surface area contributed by atoms with E-state index in [0.717, 1.165) is 17.8 Å². The van der Waals surface area contributed by atoms with Crippen LogP contribution in [0.4, 0.5) is 10.1 Å². The Hall–Kier alpha value is -2.74. The number of carbonyl (C=O) groups excluding carboxylic acids is 2. The summed E-state index contributed by atoms with van der Waals surface area (Å²) < 4.78 is 19.2. The maximum Gasteiger partial charge on any atom is 0.348 e. The molecule has 2 aromatic rings. The minimum atomic E-state index is -1.15. The zero-order valence-electron chi connectivity index (χ0n) is 18.6. The van der Waals surface area contributed by atoms with Gasteiger partial charge in [-0.05, 0) is 62.8 Å². The average Bonchev–Trinajstić information content (AvgIpc) is 3.12. The van der Waals surface area contributed by atoms with Crippen molar-refractivity contribution in [1.29, 1.82) is 0 Å². The van der Waals surface area contributed by atoms with Crippen molar-refractivity contribution in [2.24, 2.45) is 11.8 Å². The van der Waals surface area contributed by atoms with Crippen molar-refractivity contribution in [2.45, 2.75) is 59.1 Å². The first-order valence-corrected chi connectivity index (χ1v) is 11.5. The lowest BCUT2D eigenvalue weighted by Gasteiger charge is -2.37. The standard InChI is InChI=1S/C24H28FNO5S/c1-13(2)26(23(28)18-9-8-14(3)10-20(18)31-15(4)27)19-12-21(32-22(19)24(29)30)16-6-5-7-17(25)11-16/h5-7,11-14,18,20H,8-10H2,1-4H3,(H,29,30). The number of anilines is 1. The SMILES string of the molecule is CC(=O)OC1CC(C)CCC1C(=O)N(c1cc(-c2cccc(F)c2)sc1C(=O)O)C(C)C. The Morgan fingerprint density at radius 1 is 1.22 bits per heavy atom. The van der Waals surface area contributed by atoms with Crippen molar-refractivity contribution in [3.8, 4) is 10.4 Å². The molecule has 1 aromatic heterocycles. The van der Waals surface area contributed by atoms with E-state index < -0.39 is 29.8 Å². The van der Waals surface area contributed by atoms with Crippen LogP contribution in [0.25, 0.3) is 10.4 Å². The molecule has 3 rings (SSSR count). The molecule has 0 aliphatic heterocycles. The summed E-state index contributed by atoms with van der Waals surface area (Å²) in [6.45, 7) is 7.02. The zero-order valence-corrected chi connectivity index (χ0v) is 19.4. The lowest BCUT2D eigenvalue weighted by Crippen LogP contribution is -2.48. The Bertz CT molecular complexity index is 1020. The first-order chi connectivity index (χ1) is 15.1. The number of ether oxygens (including phenoxy) is 1. The predicted molar refractivity (Wildman–Crippen MR) is 121 cm³/mol. The van der Waals surface area contributed by atoms with Gasteiger partial charge in [0, 0.05) is 17.8 Å². The summed E-state index contributed by atoms with van der Waals surface area (Å²) in [5, 5.41) is 9.84. The minimum absolute atomic E-state index is 0.0134. The monoisotopic (exact) mass is 461 g/mol. The summed E-state index contributed by atoms with van der Waals surface area (Å²) in [5.74, 6) is -2.49. The highest BCUT2D eigenvalue weighted by molar-refractivity contribution is 7.18. The van der Waals surface area contributed by atoms with E-state index in [4.69, 9.17) is 4.74 Å². The second-order valence-corrected chi connectivity index (χ2v) is 9.67. The van der Waals surface area contributed by atoms with Gasteiger partial charge in [-0.15, -0.1) is 11.3 Å². The maximum absolute atomic E-state index is 13.7. The second-order valence-electron chi connectivity index (χ2n) is 8.62. The molecular formula is C24H28FNO5S. The van der Waals surface area contributed by atoms with Gasteiger partial charge in [0.1, 0.15) is 16.8 Å². The van der Waals surface area contributed by atoms with Crippen molar-refractivity contribution < 1.29 is 28.6 Å². The van der Waals surface area contributed by atoms with Gasteiger partial charge in [0.05, 0.1) is 11.6 Å². The number of benzene rings is 1. The molecule has 1 N–H and O–H groups in total. The van der Waals surface area contributed by atoms with Crippen LogP contribution >= 0.6 is 11.3 Å². The van der Waals surface area contributed by atoms with Gasteiger partial charge in [0.25, 0.3) is 0 Å². The lowest BCUT2D eigenvalue weighted by molar-refractivity contribution is -0.154. The third-order valence-electron chi connectivity index (χ3n) is 5.72. The molecule has 3 atom stereocenters. The molecule has 1 amide bonds. The lowest BCUT2D eigenvalue weighted by atomic mass is 9.79. The molecule has 0 spiro atoms. The van der Waals surface area contributed by atoms with Crippen molar-refractivity contribution >= 4 is 34.9 Å². The van der Waals surface area contributed by atoms with Gasteiger partial charge in [-0.1, -0.05) is 19.1 Å². The highest BCUT2D eigenvalue weighted by Gasteiger charge is 2.40. The molecule has 1 aromatic carbocycles. The zero-order chi connectivity index (χ0) is 23.6. The number of carboxylic acids is 1. The number of thiophene rings is 1. The van der Waals surface area contributed by atoms with Crippen LogP contribution in [0.1, 0.15) is 56.6 Å². The second kappa shape index (κ2) is 9.81. The van der Waals surface area contributed by atoms with E-state index in [2.05, 4.69) is 6.92 Å². The van der Waals surface area contributed by atoms with Gasteiger partial charge < -0.3 is 14.7 Å². The van der Waals surface area contributed by atoms with Gasteiger partial charge in [-0.3, -0.25) is 9.59 Å². The molecule has 1 fully saturated rings. The van der Waals surface area contributed by atoms with Crippen molar-refractivity contribution in [2.75, 3.05) is 4.90 Å². The van der Waals surface area contributed by atoms with Gasteiger partial charge in [0.15, 0.2) is 0 Å². The fraction of sp³-hybridized carbons (Fsp3) is 0.458. The molecule has 0 saturated heterocycles. The van der Waals surface area contributed by atoms with Gasteiger partial charge >= 0.3 is 11.9 Å². The van der Waals surface area contributed by atoms with E-state index in [1.54, 1.807) is 18.2 Å². The Labute approximate surface area is 191 Å². The maximum atomic E-state index is 13.7. The number of rotatable bonds is 6. The molecule has 3 unspecified atom stereocenters. The number of halogens is 1. The van der Waals surface area contributed by atoms with Gasteiger partial charge in [0.2, 0.25) is 5.91 Å². The van der Waals surface area contributed by atoms with E-state index in [0.29, 0.717) is 29.2 Å². The van der Waals surface area contributed by atoms with Gasteiger partial charge in [-0.25, -0.2) is 9.18 Å². The van der Waals surface area contributed by atoms with E-state index in [9.17, 15) is 23.9 Å². The minimum Gasteiger partial charge on any atom is -0.477 e. The fourth-order valence-electron chi connectivity index (χ4n) is 4.28. The van der Waals surface area contributed by atoms with Crippen LogP contribution in [0.15, 0.2) is 30.3 Å². The normalized spacial score (nSPS) is 20.8. The molecule has 172 valence electrons. The first-order valence-electron chi connectivity index (χ1n) is 10.7. The molecule has 1 heterocycles. The number of aromatic carboxylic acids is 1. The van der Waals surface area contributed by atoms with Crippen LogP contribution in [-0.4, -0.2) is 35.1 Å². The summed E-state index contributed by atoms with van der Waals surface area (Å²) >= 11 is 1.01. The summed E-state index contributed by atoms with van der Waals surface area (Å²) in [7, 11) is 0. The number of carboxylic acid groups (broad SMARTS) is 1. The predicted octanol–water partition coefficient (Wildman–Crippen LogP) is 5.36. The summed E-state index contributed by atoms with van der Waals surface area (Å²) in [6, 6.07) is 7.22. The van der Waals surface area contributed by atoms with Crippen LogP contribution in [0.3, 0.4) is 0 Å². The van der Waals surface area contributed by atoms with Crippen LogP contribution < -0.4 is 4.90 Å². The summed E-state index contributed by atoms with van der Waals surface area (Å²) in [5.41, 5.74) is 0.825. The summed E-state index contributed by atoms with van der Waals surface area (Å²) in [6.07, 6.45) is 1.43. The topological polar surface area (TPSA) is 83.9 Å². The molecule has 0 radical (unpaired) electrons. The van der Waals surface area contributed by atoms with E-state index in [1.165, 1.54) is 24.0 Å². The Morgan fingerprint density at radius 3 is 2.53 bits per heavy atom. The Morgan fingerprint density at radius 2 is 1.94 bits per heavy atom. The third kappa shape index (κ3) is 5.18. The van der Waals surface area contributed by atoms with Crippen molar-refractivity contribution in [1.82, 2.24) is 0 Å². The number of esters is 1. The first kappa shape index (κ1) is 23.9. The highest BCUT2D eigenvalue weighted by Crippen LogP contribution is 2.40. The highest BCUT2D eigenvalue weighted by atomic mass is 32.1. The number of amides is 1. The largest absolute Gasteiger partial charge is 0.477 e. The smallest absolute Gasteiger partial charge is 0.348 e. The molecule has 1 aliphatic carbocycles. The van der Waals surface area contributed by atoms with Crippen LogP contribution in [0, 0.1) is 17.7 Å². The molecule has 8 heteroatoms. The Balaban J connectivity index is 2.03. The van der Waals surface area contributed by atoms with Crippen LogP contribution in [0.2, 0.25) is 0 Å². The number of carbonyl (C=O) groups is 3. The molecule has 32 heavy (non-hydrogen) atoms. The molecule has 0 bridgehead atoms. The number of nitrogens with zero attached hydrogens (tertiary/aromatic N) is 1. The average molecular weight is 462 g/mol. The van der Waals surface area contributed by atoms with Crippen LogP contribution in [-0.2, 0) is 14.3 Å². The Kier molecular flexibility index (Phi) is 7.33. The quantitative estimate of drug-likeness (QED) is 0.586. The molecular weight excluding hydrogens is 433 g/mol. The van der Waals surface area contributed by atoms with Gasteiger partial charge in [-0.2, -0.15) is 0 Å². The third-order valence-corrected chi connectivity index (χ3v) is 6.88. The molecule has 1 aliphatic rings. The van der Waals surface area contributed by atoms with Crippen LogP contribution in [0.5, 0.6) is 0 Å². The number of hydrogen-bond donors (Lipinski definition) is 1. The van der Waals surface area contributed by atoms with Crippen molar-refractivity contribution in [3.05, 3.63) is 41.0 Å². The van der Waals surface area contributed by atoms with E-state index in [-0.39, 0.29) is 22.5 Å². The van der Waals surface area contributed by atoms with E-state index >= 15 is 0 Å².